The molecule has 2 saturated carbocycles. The maximum Gasteiger partial charge on any atom is 0.134 e. The van der Waals surface area contributed by atoms with Crippen LogP contribution in [0.5, 0.6) is 5.75 Å². The van der Waals surface area contributed by atoms with Gasteiger partial charge in [-0.1, -0.05) is 19.3 Å². The van der Waals surface area contributed by atoms with Crippen LogP contribution in [0.2, 0.25) is 0 Å². The van der Waals surface area contributed by atoms with E-state index in [9.17, 15) is 4.39 Å². The van der Waals surface area contributed by atoms with Crippen molar-refractivity contribution in [1.82, 2.24) is 5.32 Å². The molecule has 0 saturated heterocycles. The lowest BCUT2D eigenvalue weighted by atomic mass is 9.55. The zero-order valence-corrected chi connectivity index (χ0v) is 13.4. The second kappa shape index (κ2) is 5.64. The van der Waals surface area contributed by atoms with E-state index in [1.54, 1.807) is 6.07 Å². The molecule has 4 heteroatoms. The summed E-state index contributed by atoms with van der Waals surface area (Å²) < 4.78 is 20.1. The lowest BCUT2D eigenvalue weighted by molar-refractivity contribution is -0.101. The van der Waals surface area contributed by atoms with Crippen molar-refractivity contribution in [3.05, 3.63) is 28.5 Å². The lowest BCUT2D eigenvalue weighted by Gasteiger charge is -2.57. The normalized spacial score (nSPS) is 28.1. The summed E-state index contributed by atoms with van der Waals surface area (Å²) in [4.78, 5) is 0. The predicted octanol–water partition coefficient (Wildman–Crippen LogP) is 4.28. The Labute approximate surface area is 128 Å². The fourth-order valence-corrected chi connectivity index (χ4v) is 4.37. The van der Waals surface area contributed by atoms with Gasteiger partial charge in [-0.15, -0.1) is 0 Å². The van der Waals surface area contributed by atoms with Crippen LogP contribution in [0.25, 0.3) is 0 Å². The Morgan fingerprint density at radius 1 is 1.30 bits per heavy atom. The molecule has 2 atom stereocenters. The molecule has 1 aromatic carbocycles. The predicted molar refractivity (Wildman–Crippen MR) is 81.5 cm³/mol. The van der Waals surface area contributed by atoms with Gasteiger partial charge in [0.2, 0.25) is 0 Å². The quantitative estimate of drug-likeness (QED) is 0.885. The number of benzene rings is 1. The molecule has 2 aliphatic rings. The van der Waals surface area contributed by atoms with Crippen molar-refractivity contribution in [2.45, 2.75) is 50.7 Å². The summed E-state index contributed by atoms with van der Waals surface area (Å²) in [7, 11) is 2.05. The van der Waals surface area contributed by atoms with Crippen LogP contribution >= 0.6 is 15.9 Å². The molecule has 1 spiro atoms. The molecule has 0 amide bonds. The molecule has 0 radical (unpaired) electrons. The standard InChI is InChI=1S/C16H21BrFNO/c1-19-14-10-15(16(14)7-3-2-4-8-16)20-13-6-5-11(18)9-12(13)17/h5-6,9,14-15,19H,2-4,7-8,10H2,1H3. The lowest BCUT2D eigenvalue weighted by Crippen LogP contribution is -2.64. The largest absolute Gasteiger partial charge is 0.489 e. The van der Waals surface area contributed by atoms with Gasteiger partial charge in [0.1, 0.15) is 17.7 Å². The molecule has 2 unspecified atom stereocenters. The number of halogens is 2. The molecule has 2 fully saturated rings. The third kappa shape index (κ3) is 2.37. The van der Waals surface area contributed by atoms with Crippen LogP contribution < -0.4 is 10.1 Å². The van der Waals surface area contributed by atoms with E-state index in [0.717, 1.165) is 12.2 Å². The first-order chi connectivity index (χ1) is 9.65. The third-order valence-corrected chi connectivity index (χ3v) is 5.70. The fourth-order valence-electron chi connectivity index (χ4n) is 3.92. The number of nitrogens with one attached hydrogen (secondary N) is 1. The fraction of sp³-hybridized carbons (Fsp3) is 0.625. The summed E-state index contributed by atoms with van der Waals surface area (Å²) in [6, 6.07) is 5.22. The highest BCUT2D eigenvalue weighted by Crippen LogP contribution is 2.53. The maximum absolute atomic E-state index is 13.2. The molecule has 110 valence electrons. The molecule has 3 rings (SSSR count). The minimum absolute atomic E-state index is 0.238. The Hall–Kier alpha value is -0.610. The average Bonchev–Trinajstić information content (AvgIpc) is 2.45. The Morgan fingerprint density at radius 2 is 2.05 bits per heavy atom. The van der Waals surface area contributed by atoms with E-state index < -0.39 is 0 Å². The Balaban J connectivity index is 1.77. The van der Waals surface area contributed by atoms with E-state index in [4.69, 9.17) is 4.74 Å². The summed E-state index contributed by atoms with van der Waals surface area (Å²) in [5.41, 5.74) is 0.279. The van der Waals surface area contributed by atoms with E-state index >= 15 is 0 Å². The van der Waals surface area contributed by atoms with Crippen LogP contribution in [0.3, 0.4) is 0 Å². The van der Waals surface area contributed by atoms with Crippen LogP contribution in [0.1, 0.15) is 38.5 Å². The molecule has 1 aromatic rings. The minimum atomic E-state index is -0.238. The molecular formula is C16H21BrFNO. The first kappa shape index (κ1) is 14.3. The van der Waals surface area contributed by atoms with Crippen molar-refractivity contribution in [2.24, 2.45) is 5.41 Å². The van der Waals surface area contributed by atoms with Crippen molar-refractivity contribution in [1.29, 1.82) is 0 Å². The molecule has 0 bridgehead atoms. The second-order valence-electron chi connectivity index (χ2n) is 6.05. The summed E-state index contributed by atoms with van der Waals surface area (Å²) in [6.45, 7) is 0. The van der Waals surface area contributed by atoms with Gasteiger partial charge >= 0.3 is 0 Å². The van der Waals surface area contributed by atoms with E-state index in [1.165, 1.54) is 44.2 Å². The van der Waals surface area contributed by atoms with Gasteiger partial charge in [0, 0.05) is 17.9 Å². The first-order valence-corrected chi connectivity index (χ1v) is 8.24. The molecule has 0 heterocycles. The van der Waals surface area contributed by atoms with Crippen LogP contribution in [-0.2, 0) is 0 Å². The summed E-state index contributed by atoms with van der Waals surface area (Å²) in [5.74, 6) is 0.522. The zero-order chi connectivity index (χ0) is 14.2. The highest BCUT2D eigenvalue weighted by Gasteiger charge is 2.56. The van der Waals surface area contributed by atoms with Gasteiger partial charge in [-0.2, -0.15) is 0 Å². The number of ether oxygens (including phenoxy) is 1. The van der Waals surface area contributed by atoms with Gasteiger partial charge in [0.25, 0.3) is 0 Å². The van der Waals surface area contributed by atoms with Crippen LogP contribution in [0.15, 0.2) is 22.7 Å². The Bertz CT molecular complexity index is 487. The van der Waals surface area contributed by atoms with Gasteiger partial charge in [-0.3, -0.25) is 0 Å². The van der Waals surface area contributed by atoms with Crippen LogP contribution in [-0.4, -0.2) is 19.2 Å². The summed E-state index contributed by atoms with van der Waals surface area (Å²) >= 11 is 3.39. The van der Waals surface area contributed by atoms with Gasteiger partial charge in [0.15, 0.2) is 0 Å². The topological polar surface area (TPSA) is 21.3 Å². The van der Waals surface area contributed by atoms with Crippen LogP contribution in [0.4, 0.5) is 4.39 Å². The van der Waals surface area contributed by atoms with E-state index in [1.807, 2.05) is 7.05 Å². The molecule has 2 aliphatic carbocycles. The number of hydrogen-bond acceptors (Lipinski definition) is 2. The minimum Gasteiger partial charge on any atom is -0.489 e. The molecule has 2 nitrogen and oxygen atoms in total. The van der Waals surface area contributed by atoms with Crippen molar-refractivity contribution in [3.8, 4) is 5.75 Å². The maximum atomic E-state index is 13.2. The van der Waals surface area contributed by atoms with E-state index in [2.05, 4.69) is 21.2 Å². The smallest absolute Gasteiger partial charge is 0.134 e. The van der Waals surface area contributed by atoms with Crippen molar-refractivity contribution >= 4 is 15.9 Å². The molecule has 0 aliphatic heterocycles. The SMILES string of the molecule is CNC1CC(Oc2ccc(F)cc2Br)C12CCCCC2. The molecular weight excluding hydrogens is 321 g/mol. The molecule has 20 heavy (non-hydrogen) atoms. The Morgan fingerprint density at radius 3 is 2.70 bits per heavy atom. The second-order valence-corrected chi connectivity index (χ2v) is 6.91. The number of hydrogen-bond donors (Lipinski definition) is 1. The van der Waals surface area contributed by atoms with Crippen LogP contribution in [0, 0.1) is 11.2 Å². The average molecular weight is 342 g/mol. The Kier molecular flexibility index (Phi) is 4.04. The first-order valence-electron chi connectivity index (χ1n) is 7.45. The number of rotatable bonds is 3. The highest BCUT2D eigenvalue weighted by atomic mass is 79.9. The molecule has 0 aromatic heterocycles. The van der Waals surface area contributed by atoms with Crippen molar-refractivity contribution in [3.63, 3.8) is 0 Å². The van der Waals surface area contributed by atoms with E-state index in [-0.39, 0.29) is 17.3 Å². The third-order valence-electron chi connectivity index (χ3n) is 5.08. The molecule has 1 N–H and O–H groups in total. The highest BCUT2D eigenvalue weighted by molar-refractivity contribution is 9.10. The van der Waals surface area contributed by atoms with Gasteiger partial charge in [0.05, 0.1) is 4.47 Å². The zero-order valence-electron chi connectivity index (χ0n) is 11.8. The van der Waals surface area contributed by atoms with Gasteiger partial charge < -0.3 is 10.1 Å². The van der Waals surface area contributed by atoms with E-state index in [0.29, 0.717) is 10.5 Å². The summed E-state index contributed by atoms with van der Waals surface area (Å²) in [6.07, 6.45) is 7.70. The monoisotopic (exact) mass is 341 g/mol. The van der Waals surface area contributed by atoms with Crippen molar-refractivity contribution < 1.29 is 9.13 Å². The van der Waals surface area contributed by atoms with Crippen molar-refractivity contribution in [2.75, 3.05) is 7.05 Å². The van der Waals surface area contributed by atoms with Gasteiger partial charge in [-0.05, 0) is 54.0 Å². The van der Waals surface area contributed by atoms with Gasteiger partial charge in [-0.25, -0.2) is 4.39 Å². The summed E-state index contributed by atoms with van der Waals surface area (Å²) in [5, 5.41) is 3.45.